The Bertz CT molecular complexity index is 790. The summed E-state index contributed by atoms with van der Waals surface area (Å²) < 4.78 is 28.1. The highest BCUT2D eigenvalue weighted by atomic mass is 79.9. The predicted molar refractivity (Wildman–Crippen MR) is 93.5 cm³/mol. The summed E-state index contributed by atoms with van der Waals surface area (Å²) in [5, 5.41) is 0.387. The van der Waals surface area contributed by atoms with E-state index in [1.807, 2.05) is 0 Å². The van der Waals surface area contributed by atoms with E-state index in [0.717, 1.165) is 0 Å². The Morgan fingerprint density at radius 2 is 1.67 bits per heavy atom. The molecule has 0 aliphatic heterocycles. The minimum absolute atomic E-state index is 0.0211. The van der Waals surface area contributed by atoms with Crippen LogP contribution in [0.1, 0.15) is 0 Å². The zero-order chi connectivity index (χ0) is 15.8. The molecule has 0 aliphatic carbocycles. The van der Waals surface area contributed by atoms with Gasteiger partial charge in [-0.3, -0.25) is 4.72 Å². The lowest BCUT2D eigenvalue weighted by atomic mass is 10.3. The second-order valence-electron chi connectivity index (χ2n) is 4.02. The molecule has 0 amide bonds. The van der Waals surface area contributed by atoms with Crippen molar-refractivity contribution in [2.24, 2.45) is 0 Å². The number of anilines is 2. The van der Waals surface area contributed by atoms with E-state index in [1.165, 1.54) is 18.2 Å². The second-order valence-corrected chi connectivity index (χ2v) is 8.13. The van der Waals surface area contributed by atoms with E-state index in [-0.39, 0.29) is 20.6 Å². The zero-order valence-electron chi connectivity index (χ0n) is 10.2. The van der Waals surface area contributed by atoms with Crippen LogP contribution >= 0.6 is 55.1 Å². The van der Waals surface area contributed by atoms with E-state index in [4.69, 9.17) is 28.9 Å². The summed E-state index contributed by atoms with van der Waals surface area (Å²) in [7, 11) is -3.87. The maximum atomic E-state index is 12.5. The molecule has 0 heterocycles. The molecule has 0 saturated heterocycles. The summed E-state index contributed by atoms with van der Waals surface area (Å²) in [5.41, 5.74) is 6.27. The lowest BCUT2D eigenvalue weighted by molar-refractivity contribution is 0.600. The molecule has 0 saturated carbocycles. The Kier molecular flexibility index (Phi) is 5.10. The fourth-order valence-electron chi connectivity index (χ4n) is 1.61. The minimum atomic E-state index is -3.87. The van der Waals surface area contributed by atoms with Crippen LogP contribution in [-0.4, -0.2) is 8.42 Å². The van der Waals surface area contributed by atoms with Gasteiger partial charge in [-0.25, -0.2) is 8.42 Å². The minimum Gasteiger partial charge on any atom is -0.399 e. The van der Waals surface area contributed by atoms with Gasteiger partial charge < -0.3 is 5.73 Å². The van der Waals surface area contributed by atoms with Gasteiger partial charge in [-0.15, -0.1) is 0 Å². The van der Waals surface area contributed by atoms with E-state index in [1.54, 1.807) is 12.1 Å². The summed E-state index contributed by atoms with van der Waals surface area (Å²) in [5.74, 6) is 0. The molecule has 0 spiro atoms. The molecule has 0 aliphatic rings. The third-order valence-corrected chi connectivity index (χ3v) is 6.55. The van der Waals surface area contributed by atoms with Gasteiger partial charge in [0.1, 0.15) is 4.90 Å². The summed E-state index contributed by atoms with van der Waals surface area (Å²) in [6.07, 6.45) is 0. The Morgan fingerprint density at radius 1 is 1.10 bits per heavy atom. The molecule has 21 heavy (non-hydrogen) atoms. The average Bonchev–Trinajstić information content (AvgIpc) is 2.33. The van der Waals surface area contributed by atoms with Gasteiger partial charge in [0.25, 0.3) is 10.0 Å². The lowest BCUT2D eigenvalue weighted by Crippen LogP contribution is -2.15. The van der Waals surface area contributed by atoms with Crippen LogP contribution in [0.2, 0.25) is 10.0 Å². The quantitative estimate of drug-likeness (QED) is 0.621. The van der Waals surface area contributed by atoms with Crippen molar-refractivity contribution in [3.63, 3.8) is 0 Å². The van der Waals surface area contributed by atoms with Crippen LogP contribution in [0.3, 0.4) is 0 Å². The van der Waals surface area contributed by atoms with Crippen LogP contribution in [0.25, 0.3) is 0 Å². The van der Waals surface area contributed by atoms with Gasteiger partial charge in [0.15, 0.2) is 0 Å². The standard InChI is InChI=1S/C12H8Br2Cl2N2O2S/c13-7-4-6(17)5-8(14)12(7)21(19,20)18-10-3-1-2-9(15)11(10)16/h1-5,18H,17H2. The lowest BCUT2D eigenvalue weighted by Gasteiger charge is -2.13. The van der Waals surface area contributed by atoms with Crippen molar-refractivity contribution in [1.29, 1.82) is 0 Å². The van der Waals surface area contributed by atoms with Crippen molar-refractivity contribution in [1.82, 2.24) is 0 Å². The molecule has 2 rings (SSSR count). The third kappa shape index (κ3) is 3.65. The number of nitrogen functional groups attached to an aromatic ring is 1. The smallest absolute Gasteiger partial charge is 0.264 e. The van der Waals surface area contributed by atoms with Crippen molar-refractivity contribution >= 4 is 76.5 Å². The van der Waals surface area contributed by atoms with Crippen LogP contribution in [0.4, 0.5) is 11.4 Å². The van der Waals surface area contributed by atoms with Crippen LogP contribution in [0, 0.1) is 0 Å². The van der Waals surface area contributed by atoms with E-state index < -0.39 is 10.0 Å². The summed E-state index contributed by atoms with van der Waals surface area (Å²) in [6.45, 7) is 0. The molecule has 2 aromatic rings. The van der Waals surface area contributed by atoms with Crippen LogP contribution in [-0.2, 0) is 10.0 Å². The van der Waals surface area contributed by atoms with E-state index in [0.29, 0.717) is 14.6 Å². The Hall–Kier alpha value is -0.470. The van der Waals surface area contributed by atoms with Crippen LogP contribution < -0.4 is 10.5 Å². The molecule has 3 N–H and O–H groups in total. The highest BCUT2D eigenvalue weighted by molar-refractivity contribution is 9.11. The number of sulfonamides is 1. The normalized spacial score (nSPS) is 11.4. The van der Waals surface area contributed by atoms with Gasteiger partial charge in [-0.05, 0) is 56.1 Å². The number of nitrogens with two attached hydrogens (primary N) is 1. The molecule has 0 bridgehead atoms. The Balaban J connectivity index is 2.51. The monoisotopic (exact) mass is 472 g/mol. The van der Waals surface area contributed by atoms with Gasteiger partial charge in [0, 0.05) is 14.6 Å². The number of halogens is 4. The van der Waals surface area contributed by atoms with E-state index in [9.17, 15) is 8.42 Å². The maximum absolute atomic E-state index is 12.5. The molecule has 0 unspecified atom stereocenters. The van der Waals surface area contributed by atoms with Crippen LogP contribution in [0.5, 0.6) is 0 Å². The maximum Gasteiger partial charge on any atom is 0.264 e. The average molecular weight is 475 g/mol. The first-order valence-electron chi connectivity index (χ1n) is 5.43. The van der Waals surface area contributed by atoms with E-state index in [2.05, 4.69) is 36.6 Å². The second kappa shape index (κ2) is 6.34. The number of rotatable bonds is 3. The van der Waals surface area contributed by atoms with Gasteiger partial charge in [-0.2, -0.15) is 0 Å². The molecule has 0 aromatic heterocycles. The van der Waals surface area contributed by atoms with Gasteiger partial charge in [0.2, 0.25) is 0 Å². The Morgan fingerprint density at radius 3 is 2.24 bits per heavy atom. The van der Waals surface area contributed by atoms with Crippen molar-refractivity contribution < 1.29 is 8.42 Å². The summed E-state index contributed by atoms with van der Waals surface area (Å²) >= 11 is 18.2. The van der Waals surface area contributed by atoms with Gasteiger partial charge >= 0.3 is 0 Å². The number of benzene rings is 2. The molecule has 112 valence electrons. The zero-order valence-corrected chi connectivity index (χ0v) is 15.7. The van der Waals surface area contributed by atoms with Crippen molar-refractivity contribution in [3.05, 3.63) is 49.3 Å². The SMILES string of the molecule is Nc1cc(Br)c(S(=O)(=O)Nc2cccc(Cl)c2Cl)c(Br)c1. The van der Waals surface area contributed by atoms with Crippen molar-refractivity contribution in [2.75, 3.05) is 10.5 Å². The molecular weight excluding hydrogens is 467 g/mol. The highest BCUT2D eigenvalue weighted by Gasteiger charge is 2.23. The third-order valence-electron chi connectivity index (χ3n) is 2.49. The van der Waals surface area contributed by atoms with Gasteiger partial charge in [-0.1, -0.05) is 29.3 Å². The van der Waals surface area contributed by atoms with E-state index >= 15 is 0 Å². The first-order valence-corrected chi connectivity index (χ1v) is 9.26. The first-order chi connectivity index (χ1) is 9.72. The topological polar surface area (TPSA) is 72.2 Å². The molecular formula is C12H8Br2Cl2N2O2S. The number of hydrogen-bond donors (Lipinski definition) is 2. The largest absolute Gasteiger partial charge is 0.399 e. The fourth-order valence-corrected chi connectivity index (χ4v) is 5.71. The summed E-state index contributed by atoms with van der Waals surface area (Å²) in [4.78, 5) is 0.0211. The highest BCUT2D eigenvalue weighted by Crippen LogP contribution is 2.36. The fraction of sp³-hybridized carbons (Fsp3) is 0. The molecule has 4 nitrogen and oxygen atoms in total. The molecule has 9 heteroatoms. The Labute approximate surface area is 148 Å². The number of nitrogens with one attached hydrogen (secondary N) is 1. The van der Waals surface area contributed by atoms with Crippen LogP contribution in [0.15, 0.2) is 44.2 Å². The first kappa shape index (κ1) is 16.9. The predicted octanol–water partition coefficient (Wildman–Crippen LogP) is 4.90. The molecule has 0 atom stereocenters. The number of hydrogen-bond acceptors (Lipinski definition) is 3. The summed E-state index contributed by atoms with van der Waals surface area (Å²) in [6, 6.07) is 7.68. The molecule has 0 radical (unpaired) electrons. The van der Waals surface area contributed by atoms with Crippen molar-refractivity contribution in [2.45, 2.75) is 4.90 Å². The van der Waals surface area contributed by atoms with Crippen molar-refractivity contribution in [3.8, 4) is 0 Å². The molecule has 0 fully saturated rings. The van der Waals surface area contributed by atoms with Gasteiger partial charge in [0.05, 0.1) is 15.7 Å². The molecule has 2 aromatic carbocycles.